The Kier molecular flexibility index (Phi) is 31.4. The smallest absolute Gasteiger partial charge is 0.247 e. The number of allylic oxidation sites excluding steroid dienone is 8. The number of hydrogen-bond donors (Lipinski definition) is 0. The van der Waals surface area contributed by atoms with E-state index in [4.69, 9.17) is 0 Å². The Labute approximate surface area is 247 Å². The van der Waals surface area contributed by atoms with E-state index in [0.29, 0.717) is 12.8 Å². The third-order valence-corrected chi connectivity index (χ3v) is 6.89. The van der Waals surface area contributed by atoms with Gasteiger partial charge < -0.3 is 0 Å². The Morgan fingerprint density at radius 3 is 1.05 bits per heavy atom. The van der Waals surface area contributed by atoms with Crippen LogP contribution in [0.15, 0.2) is 48.6 Å². The molecule has 4 nitrogen and oxygen atoms in total. The fourth-order valence-corrected chi connectivity index (χ4v) is 4.34. The molecule has 0 aromatic heterocycles. The lowest BCUT2D eigenvalue weighted by Gasteiger charge is -2.04. The van der Waals surface area contributed by atoms with Crippen LogP contribution in [-0.4, -0.2) is 11.9 Å². The molecule has 230 valence electrons. The largest absolute Gasteiger partial charge is 0.355 e. The van der Waals surface area contributed by atoms with E-state index in [-0.39, 0.29) is 0 Å². The first-order valence-corrected chi connectivity index (χ1v) is 16.7. The van der Waals surface area contributed by atoms with Crippen LogP contribution in [0.3, 0.4) is 0 Å². The van der Waals surface area contributed by atoms with Gasteiger partial charge in [-0.3, -0.25) is 0 Å². The summed E-state index contributed by atoms with van der Waals surface area (Å²) in [7, 11) is 0. The van der Waals surface area contributed by atoms with Crippen LogP contribution in [-0.2, 0) is 19.4 Å². The first-order valence-electron chi connectivity index (χ1n) is 16.7. The van der Waals surface area contributed by atoms with E-state index in [9.17, 15) is 9.59 Å². The van der Waals surface area contributed by atoms with Crippen molar-refractivity contribution in [1.29, 1.82) is 0 Å². The molecule has 0 amide bonds. The summed E-state index contributed by atoms with van der Waals surface area (Å²) in [6.07, 6.45) is 43.8. The zero-order valence-corrected chi connectivity index (χ0v) is 26.2. The van der Waals surface area contributed by atoms with Crippen LogP contribution in [0.25, 0.3) is 0 Å². The zero-order chi connectivity index (χ0) is 29.2. The highest BCUT2D eigenvalue weighted by Gasteiger charge is 2.09. The summed E-state index contributed by atoms with van der Waals surface area (Å²) >= 11 is 0. The number of unbranched alkanes of at least 4 members (excludes halogenated alkanes) is 16. The summed E-state index contributed by atoms with van der Waals surface area (Å²) in [6.45, 7) is 4.47. The lowest BCUT2D eigenvalue weighted by atomic mass is 10.1. The molecule has 0 aliphatic heterocycles. The summed E-state index contributed by atoms with van der Waals surface area (Å²) in [5.41, 5.74) is 0. The molecule has 0 atom stereocenters. The predicted octanol–water partition coefficient (Wildman–Crippen LogP) is 11.6. The molecule has 4 heteroatoms. The van der Waals surface area contributed by atoms with E-state index in [0.717, 1.165) is 64.2 Å². The van der Waals surface area contributed by atoms with E-state index in [2.05, 4.69) is 72.2 Å². The fourth-order valence-electron chi connectivity index (χ4n) is 4.34. The lowest BCUT2D eigenvalue weighted by molar-refractivity contribution is -0.259. The summed E-state index contributed by atoms with van der Waals surface area (Å²) in [5, 5.41) is 0. The number of carbonyl (C=O) groups excluding carboxylic acids is 2. The van der Waals surface area contributed by atoms with Gasteiger partial charge in [-0.05, 0) is 77.0 Å². The van der Waals surface area contributed by atoms with Crippen molar-refractivity contribution in [2.75, 3.05) is 0 Å². The molecule has 0 saturated heterocycles. The molecule has 0 radical (unpaired) electrons. The minimum atomic E-state index is -0.445. The topological polar surface area (TPSA) is 52.6 Å². The van der Waals surface area contributed by atoms with Gasteiger partial charge in [-0.25, -0.2) is 19.4 Å². The maximum absolute atomic E-state index is 11.8. The Hall–Kier alpha value is -2.10. The van der Waals surface area contributed by atoms with Crippen LogP contribution >= 0.6 is 0 Å². The van der Waals surface area contributed by atoms with Crippen LogP contribution in [0.1, 0.15) is 168 Å². The monoisotopic (exact) mass is 558 g/mol. The van der Waals surface area contributed by atoms with Crippen LogP contribution in [0.4, 0.5) is 0 Å². The summed E-state index contributed by atoms with van der Waals surface area (Å²) < 4.78 is 0. The van der Waals surface area contributed by atoms with Crippen molar-refractivity contribution in [3.8, 4) is 0 Å². The molecule has 0 fully saturated rings. The average molecular weight is 559 g/mol. The molecule has 0 aliphatic carbocycles. The maximum atomic E-state index is 11.8. The standard InChI is InChI=1S/C36H62O4/c1-3-5-7-9-11-13-15-17-19-21-23-25-27-29-31-33-35(37)39-40-36(38)34-32-30-28-26-24-22-20-18-16-14-12-10-8-6-4-2/h11-14,17-20H,3-10,15-16,21-34H2,1-2H3/b13-11-,14-12-,19-17-,20-18-. The van der Waals surface area contributed by atoms with Crippen LogP contribution in [0.2, 0.25) is 0 Å². The molecule has 0 N–H and O–H groups in total. The van der Waals surface area contributed by atoms with Gasteiger partial charge >= 0.3 is 11.9 Å². The van der Waals surface area contributed by atoms with E-state index >= 15 is 0 Å². The van der Waals surface area contributed by atoms with Crippen LogP contribution in [0, 0.1) is 0 Å². The van der Waals surface area contributed by atoms with E-state index in [1.807, 2.05) is 0 Å². The summed E-state index contributed by atoms with van der Waals surface area (Å²) in [6, 6.07) is 0. The fraction of sp³-hybridized carbons (Fsp3) is 0.722. The van der Waals surface area contributed by atoms with Gasteiger partial charge in [0, 0.05) is 0 Å². The van der Waals surface area contributed by atoms with Crippen molar-refractivity contribution in [3.05, 3.63) is 48.6 Å². The highest BCUT2D eigenvalue weighted by Crippen LogP contribution is 2.11. The molecule has 0 aromatic carbocycles. The van der Waals surface area contributed by atoms with Gasteiger partial charge in [-0.15, -0.1) is 0 Å². The SMILES string of the molecule is CCCCC/C=C\C/C=C\CCCCCCCC(=O)OOC(=O)CCCCCCC/C=C\C/C=C\CCCCC. The second kappa shape index (κ2) is 33.1. The van der Waals surface area contributed by atoms with Crippen LogP contribution in [0.5, 0.6) is 0 Å². The third-order valence-electron chi connectivity index (χ3n) is 6.89. The minimum Gasteiger partial charge on any atom is -0.247 e. The normalized spacial score (nSPS) is 11.9. The average Bonchev–Trinajstić information content (AvgIpc) is 2.96. The van der Waals surface area contributed by atoms with Crippen molar-refractivity contribution >= 4 is 11.9 Å². The molecule has 0 bridgehead atoms. The van der Waals surface area contributed by atoms with Gasteiger partial charge in [-0.2, -0.15) is 0 Å². The van der Waals surface area contributed by atoms with Gasteiger partial charge in [-0.1, -0.05) is 127 Å². The summed E-state index contributed by atoms with van der Waals surface area (Å²) in [5.74, 6) is -0.891. The first kappa shape index (κ1) is 37.9. The maximum Gasteiger partial charge on any atom is 0.355 e. The Balaban J connectivity index is 3.42. The van der Waals surface area contributed by atoms with E-state index in [1.165, 1.54) is 77.0 Å². The minimum absolute atomic E-state index is 0.307. The Morgan fingerprint density at radius 1 is 0.400 bits per heavy atom. The number of carbonyl (C=O) groups is 2. The molecule has 0 spiro atoms. The predicted molar refractivity (Wildman–Crippen MR) is 171 cm³/mol. The Morgan fingerprint density at radius 2 is 0.700 bits per heavy atom. The van der Waals surface area contributed by atoms with Gasteiger partial charge in [0.2, 0.25) is 0 Å². The lowest BCUT2D eigenvalue weighted by Crippen LogP contribution is -2.11. The molecule has 0 rings (SSSR count). The van der Waals surface area contributed by atoms with Gasteiger partial charge in [0.15, 0.2) is 0 Å². The molecule has 0 saturated carbocycles. The first-order chi connectivity index (χ1) is 19.7. The van der Waals surface area contributed by atoms with Crippen molar-refractivity contribution in [1.82, 2.24) is 0 Å². The van der Waals surface area contributed by atoms with E-state index < -0.39 is 11.9 Å². The van der Waals surface area contributed by atoms with Crippen molar-refractivity contribution in [2.45, 2.75) is 168 Å². The second-order valence-corrected chi connectivity index (χ2v) is 10.9. The van der Waals surface area contributed by atoms with E-state index in [1.54, 1.807) is 0 Å². The van der Waals surface area contributed by atoms with Gasteiger partial charge in [0.25, 0.3) is 0 Å². The van der Waals surface area contributed by atoms with Gasteiger partial charge in [0.05, 0.1) is 12.8 Å². The number of rotatable bonds is 28. The highest BCUT2D eigenvalue weighted by molar-refractivity contribution is 5.72. The van der Waals surface area contributed by atoms with Gasteiger partial charge in [0.1, 0.15) is 0 Å². The molecule has 0 heterocycles. The second-order valence-electron chi connectivity index (χ2n) is 10.9. The Bertz CT molecular complexity index is 616. The molecule has 0 unspecified atom stereocenters. The quantitative estimate of drug-likeness (QED) is 0.0415. The molecular weight excluding hydrogens is 496 g/mol. The molecule has 0 aliphatic rings. The third kappa shape index (κ3) is 32.1. The molecule has 0 aromatic rings. The molecular formula is C36H62O4. The number of hydrogen-bond acceptors (Lipinski definition) is 4. The van der Waals surface area contributed by atoms with Crippen molar-refractivity contribution in [2.24, 2.45) is 0 Å². The highest BCUT2D eigenvalue weighted by atomic mass is 17.2. The van der Waals surface area contributed by atoms with Crippen molar-refractivity contribution < 1.29 is 19.4 Å². The molecule has 40 heavy (non-hydrogen) atoms. The van der Waals surface area contributed by atoms with Crippen LogP contribution < -0.4 is 0 Å². The zero-order valence-electron chi connectivity index (χ0n) is 26.2. The van der Waals surface area contributed by atoms with Crippen molar-refractivity contribution in [3.63, 3.8) is 0 Å². The summed E-state index contributed by atoms with van der Waals surface area (Å²) in [4.78, 5) is 32.9.